The van der Waals surface area contributed by atoms with Crippen molar-refractivity contribution in [1.29, 1.82) is 0 Å². The molecule has 0 saturated carbocycles. The van der Waals surface area contributed by atoms with E-state index in [9.17, 15) is 9.59 Å². The molecule has 110 valence electrons. The molecule has 20 heavy (non-hydrogen) atoms. The maximum absolute atomic E-state index is 12.4. The van der Waals surface area contributed by atoms with Crippen LogP contribution in [0.25, 0.3) is 0 Å². The second-order valence-electron chi connectivity index (χ2n) is 5.41. The number of nitrogens with zero attached hydrogens (tertiary/aromatic N) is 2. The Balaban J connectivity index is 2.26. The van der Waals surface area contributed by atoms with Gasteiger partial charge < -0.3 is 10.2 Å². The van der Waals surface area contributed by atoms with Gasteiger partial charge in [-0.15, -0.1) is 11.3 Å². The van der Waals surface area contributed by atoms with Gasteiger partial charge in [0, 0.05) is 11.1 Å². The zero-order valence-electron chi connectivity index (χ0n) is 12.3. The van der Waals surface area contributed by atoms with Crippen molar-refractivity contribution >= 4 is 23.2 Å². The molecule has 1 aliphatic rings. The molecule has 1 fully saturated rings. The summed E-state index contributed by atoms with van der Waals surface area (Å²) in [5.41, 5.74) is 0.951. The number of hydrogen-bond donors (Lipinski definition) is 1. The number of piperazine rings is 1. The zero-order chi connectivity index (χ0) is 14.9. The number of nitrogens with one attached hydrogen (secondary N) is 1. The minimum atomic E-state index is -0.455. The Kier molecular flexibility index (Phi) is 4.42. The van der Waals surface area contributed by atoms with E-state index >= 15 is 0 Å². The van der Waals surface area contributed by atoms with Gasteiger partial charge in [0.05, 0.1) is 6.54 Å². The summed E-state index contributed by atoms with van der Waals surface area (Å²) in [6.07, 6.45) is 0.854. The van der Waals surface area contributed by atoms with E-state index in [2.05, 4.69) is 10.3 Å². The fourth-order valence-corrected chi connectivity index (χ4v) is 3.24. The smallest absolute Gasteiger partial charge is 0.245 e. The monoisotopic (exact) mass is 295 g/mol. The van der Waals surface area contributed by atoms with Crippen molar-refractivity contribution < 1.29 is 9.59 Å². The number of thiazole rings is 1. The Hall–Kier alpha value is -1.43. The number of aryl methyl sites for hydroxylation is 1. The molecule has 3 unspecified atom stereocenters. The van der Waals surface area contributed by atoms with Crippen molar-refractivity contribution in [1.82, 2.24) is 15.2 Å². The van der Waals surface area contributed by atoms with Gasteiger partial charge in [0.2, 0.25) is 11.8 Å². The van der Waals surface area contributed by atoms with Gasteiger partial charge in [-0.2, -0.15) is 0 Å². The normalized spacial score (nSPS) is 24.7. The highest BCUT2D eigenvalue weighted by Gasteiger charge is 2.41. The molecule has 0 radical (unpaired) electrons. The molecule has 1 aromatic rings. The van der Waals surface area contributed by atoms with Crippen LogP contribution in [0.4, 0.5) is 0 Å². The Bertz CT molecular complexity index is 514. The number of rotatable bonds is 4. The summed E-state index contributed by atoms with van der Waals surface area (Å²) < 4.78 is 0. The van der Waals surface area contributed by atoms with Gasteiger partial charge in [-0.05, 0) is 19.8 Å². The average molecular weight is 295 g/mol. The summed E-state index contributed by atoms with van der Waals surface area (Å²) in [6, 6.07) is -0.850. The number of carbonyl (C=O) groups excluding carboxylic acids is 2. The summed E-state index contributed by atoms with van der Waals surface area (Å²) in [6.45, 7) is 8.12. The van der Waals surface area contributed by atoms with E-state index in [1.54, 1.807) is 11.8 Å². The minimum Gasteiger partial charge on any atom is -0.343 e. The fraction of sp³-hybridized carbons (Fsp3) is 0.643. The van der Waals surface area contributed by atoms with Gasteiger partial charge >= 0.3 is 0 Å². The largest absolute Gasteiger partial charge is 0.343 e. The SMILES string of the molecule is CCC(C)C1C(=O)NC(C)C(=O)N1Cc1nc(C)cs1. The third-order valence-corrected chi connectivity index (χ3v) is 4.72. The van der Waals surface area contributed by atoms with Gasteiger partial charge in [-0.3, -0.25) is 9.59 Å². The number of amides is 2. The zero-order valence-corrected chi connectivity index (χ0v) is 13.2. The standard InChI is InChI=1S/C14H21N3O2S/c1-5-8(2)12-13(18)16-10(4)14(19)17(12)6-11-15-9(3)7-20-11/h7-8,10,12H,5-6H2,1-4H3,(H,16,18). The molecule has 3 atom stereocenters. The van der Waals surface area contributed by atoms with Crippen LogP contribution in [0.1, 0.15) is 37.9 Å². The highest BCUT2D eigenvalue weighted by molar-refractivity contribution is 7.09. The maximum Gasteiger partial charge on any atom is 0.245 e. The predicted molar refractivity (Wildman–Crippen MR) is 78.2 cm³/mol. The molecule has 0 aliphatic carbocycles. The summed E-state index contributed by atoms with van der Waals surface area (Å²) >= 11 is 1.53. The third-order valence-electron chi connectivity index (χ3n) is 3.77. The second-order valence-corrected chi connectivity index (χ2v) is 6.35. The molecule has 2 rings (SSSR count). The van der Waals surface area contributed by atoms with Crippen LogP contribution in [-0.2, 0) is 16.1 Å². The van der Waals surface area contributed by atoms with Crippen LogP contribution >= 0.6 is 11.3 Å². The van der Waals surface area contributed by atoms with Crippen molar-refractivity contribution in [3.63, 3.8) is 0 Å². The van der Waals surface area contributed by atoms with E-state index in [0.717, 1.165) is 17.1 Å². The molecule has 2 amide bonds. The molecule has 5 nitrogen and oxygen atoms in total. The maximum atomic E-state index is 12.4. The van der Waals surface area contributed by atoms with Crippen LogP contribution in [-0.4, -0.2) is 33.8 Å². The first-order valence-electron chi connectivity index (χ1n) is 6.95. The lowest BCUT2D eigenvalue weighted by Crippen LogP contribution is -2.63. The molecule has 2 heterocycles. The van der Waals surface area contributed by atoms with E-state index in [-0.39, 0.29) is 17.7 Å². The number of hydrogen-bond acceptors (Lipinski definition) is 4. The number of carbonyl (C=O) groups is 2. The van der Waals surface area contributed by atoms with Crippen molar-refractivity contribution in [2.75, 3.05) is 0 Å². The van der Waals surface area contributed by atoms with Crippen LogP contribution < -0.4 is 5.32 Å². The van der Waals surface area contributed by atoms with Gasteiger partial charge in [-0.1, -0.05) is 20.3 Å². The van der Waals surface area contributed by atoms with Crippen LogP contribution in [0.5, 0.6) is 0 Å². The molecule has 1 aliphatic heterocycles. The van der Waals surface area contributed by atoms with E-state index in [0.29, 0.717) is 6.54 Å². The number of aromatic nitrogens is 1. The molecule has 1 N–H and O–H groups in total. The van der Waals surface area contributed by atoms with Crippen LogP contribution in [0.15, 0.2) is 5.38 Å². The van der Waals surface area contributed by atoms with Crippen molar-refractivity contribution in [3.8, 4) is 0 Å². The fourth-order valence-electron chi connectivity index (χ4n) is 2.47. The van der Waals surface area contributed by atoms with Crippen molar-refractivity contribution in [2.24, 2.45) is 5.92 Å². The highest BCUT2D eigenvalue weighted by atomic mass is 32.1. The third kappa shape index (κ3) is 2.85. The van der Waals surface area contributed by atoms with Crippen LogP contribution in [0, 0.1) is 12.8 Å². The lowest BCUT2D eigenvalue weighted by atomic mass is 9.93. The Labute approximate surface area is 123 Å². The van der Waals surface area contributed by atoms with E-state index in [1.807, 2.05) is 26.2 Å². The topological polar surface area (TPSA) is 62.3 Å². The molecule has 1 aromatic heterocycles. The van der Waals surface area contributed by atoms with Crippen LogP contribution in [0.2, 0.25) is 0 Å². The predicted octanol–water partition coefficient (Wildman–Crippen LogP) is 1.71. The second kappa shape index (κ2) is 5.91. The molecule has 0 bridgehead atoms. The molecular formula is C14H21N3O2S. The molecule has 6 heteroatoms. The minimum absolute atomic E-state index is 0.0252. The average Bonchev–Trinajstić information content (AvgIpc) is 2.80. The van der Waals surface area contributed by atoms with Crippen LogP contribution in [0.3, 0.4) is 0 Å². The molecular weight excluding hydrogens is 274 g/mol. The lowest BCUT2D eigenvalue weighted by Gasteiger charge is -2.40. The molecule has 1 saturated heterocycles. The summed E-state index contributed by atoms with van der Waals surface area (Å²) in [4.78, 5) is 30.7. The van der Waals surface area contributed by atoms with Crippen molar-refractivity contribution in [3.05, 3.63) is 16.1 Å². The van der Waals surface area contributed by atoms with Gasteiger partial charge in [0.1, 0.15) is 17.1 Å². The van der Waals surface area contributed by atoms with E-state index in [4.69, 9.17) is 0 Å². The highest BCUT2D eigenvalue weighted by Crippen LogP contribution is 2.23. The lowest BCUT2D eigenvalue weighted by molar-refractivity contribution is -0.151. The summed E-state index contributed by atoms with van der Waals surface area (Å²) in [7, 11) is 0. The first-order chi connectivity index (χ1) is 9.43. The van der Waals surface area contributed by atoms with E-state index in [1.165, 1.54) is 11.3 Å². The van der Waals surface area contributed by atoms with Gasteiger partial charge in [0.15, 0.2) is 0 Å². The Morgan fingerprint density at radius 3 is 2.75 bits per heavy atom. The Morgan fingerprint density at radius 2 is 2.20 bits per heavy atom. The van der Waals surface area contributed by atoms with Gasteiger partial charge in [-0.25, -0.2) is 4.98 Å². The van der Waals surface area contributed by atoms with Crippen molar-refractivity contribution in [2.45, 2.75) is 52.7 Å². The first kappa shape index (κ1) is 15.0. The summed E-state index contributed by atoms with van der Waals surface area (Å²) in [5, 5.41) is 5.61. The molecule has 0 aromatic carbocycles. The quantitative estimate of drug-likeness (QED) is 0.920. The first-order valence-corrected chi connectivity index (χ1v) is 7.83. The Morgan fingerprint density at radius 1 is 1.50 bits per heavy atom. The summed E-state index contributed by atoms with van der Waals surface area (Å²) in [5.74, 6) is 0.0509. The molecule has 0 spiro atoms. The van der Waals surface area contributed by atoms with E-state index < -0.39 is 12.1 Å². The van der Waals surface area contributed by atoms with Gasteiger partial charge in [0.25, 0.3) is 0 Å².